The third-order valence-electron chi connectivity index (χ3n) is 3.88. The van der Waals surface area contributed by atoms with Crippen molar-refractivity contribution in [1.82, 2.24) is 9.97 Å². The Morgan fingerprint density at radius 2 is 1.96 bits per heavy atom. The van der Waals surface area contributed by atoms with Crippen LogP contribution in [-0.2, 0) is 16.3 Å². The Kier molecular flexibility index (Phi) is 4.30. The standard InChI is InChI=1S/C19H18N2O3S/c1-12-6-16-7-14(8-17-10-15(13(2)22)4-5-20-17)9-18(25(3,23)24)19(16)21-11-12/h4-7,9-11,22H,2,8H2,1,3H3. The van der Waals surface area contributed by atoms with Gasteiger partial charge in [0, 0.05) is 41.7 Å². The lowest BCUT2D eigenvalue weighted by Crippen LogP contribution is -2.02. The van der Waals surface area contributed by atoms with E-state index in [-0.39, 0.29) is 10.7 Å². The summed E-state index contributed by atoms with van der Waals surface area (Å²) in [5, 5.41) is 10.3. The fourth-order valence-corrected chi connectivity index (χ4v) is 3.62. The summed E-state index contributed by atoms with van der Waals surface area (Å²) in [6.07, 6.45) is 4.88. The minimum atomic E-state index is -3.42. The van der Waals surface area contributed by atoms with Gasteiger partial charge in [-0.25, -0.2) is 8.42 Å². The summed E-state index contributed by atoms with van der Waals surface area (Å²) >= 11 is 0. The van der Waals surface area contributed by atoms with Crippen molar-refractivity contribution < 1.29 is 13.5 Å². The van der Waals surface area contributed by atoms with Gasteiger partial charge in [0.1, 0.15) is 5.76 Å². The highest BCUT2D eigenvalue weighted by Crippen LogP contribution is 2.25. The molecule has 1 aromatic carbocycles. The van der Waals surface area contributed by atoms with E-state index in [2.05, 4.69) is 16.5 Å². The van der Waals surface area contributed by atoms with E-state index in [4.69, 9.17) is 0 Å². The van der Waals surface area contributed by atoms with E-state index >= 15 is 0 Å². The van der Waals surface area contributed by atoms with Gasteiger partial charge in [-0.15, -0.1) is 0 Å². The highest BCUT2D eigenvalue weighted by atomic mass is 32.2. The first-order valence-electron chi connectivity index (χ1n) is 7.66. The molecular weight excluding hydrogens is 336 g/mol. The predicted molar refractivity (Wildman–Crippen MR) is 98.3 cm³/mol. The number of hydrogen-bond donors (Lipinski definition) is 1. The molecule has 0 atom stereocenters. The molecule has 0 saturated carbocycles. The number of hydrogen-bond acceptors (Lipinski definition) is 5. The van der Waals surface area contributed by atoms with E-state index in [0.29, 0.717) is 23.2 Å². The van der Waals surface area contributed by atoms with Gasteiger partial charge in [-0.1, -0.05) is 6.58 Å². The van der Waals surface area contributed by atoms with Crippen molar-refractivity contribution in [3.8, 4) is 0 Å². The van der Waals surface area contributed by atoms with Crippen LogP contribution in [0, 0.1) is 6.92 Å². The van der Waals surface area contributed by atoms with E-state index in [1.54, 1.807) is 30.6 Å². The molecule has 3 rings (SSSR count). The summed E-state index contributed by atoms with van der Waals surface area (Å²) in [7, 11) is -3.42. The number of pyridine rings is 2. The van der Waals surface area contributed by atoms with Crippen molar-refractivity contribution in [3.63, 3.8) is 0 Å². The zero-order valence-corrected chi connectivity index (χ0v) is 14.8. The molecule has 0 aliphatic carbocycles. The average molecular weight is 354 g/mol. The summed E-state index contributed by atoms with van der Waals surface area (Å²) < 4.78 is 24.4. The van der Waals surface area contributed by atoms with Crippen LogP contribution >= 0.6 is 0 Å². The highest BCUT2D eigenvalue weighted by molar-refractivity contribution is 7.91. The summed E-state index contributed by atoms with van der Waals surface area (Å²) in [5.74, 6) is -0.0289. The number of aryl methyl sites for hydroxylation is 1. The van der Waals surface area contributed by atoms with Crippen molar-refractivity contribution in [2.75, 3.05) is 6.26 Å². The van der Waals surface area contributed by atoms with Crippen LogP contribution in [0.5, 0.6) is 0 Å². The fourth-order valence-electron chi connectivity index (χ4n) is 2.73. The van der Waals surface area contributed by atoms with Crippen LogP contribution in [0.15, 0.2) is 54.2 Å². The maximum absolute atomic E-state index is 12.2. The molecule has 2 aromatic heterocycles. The first-order chi connectivity index (χ1) is 11.7. The largest absolute Gasteiger partial charge is 0.508 e. The molecule has 0 saturated heterocycles. The molecule has 5 nitrogen and oxygen atoms in total. The van der Waals surface area contributed by atoms with Crippen LogP contribution in [0.4, 0.5) is 0 Å². The van der Waals surface area contributed by atoms with Crippen LogP contribution < -0.4 is 0 Å². The maximum atomic E-state index is 12.2. The van der Waals surface area contributed by atoms with Crippen LogP contribution in [-0.4, -0.2) is 29.7 Å². The third kappa shape index (κ3) is 3.69. The number of aromatic nitrogens is 2. The van der Waals surface area contributed by atoms with Gasteiger partial charge >= 0.3 is 0 Å². The van der Waals surface area contributed by atoms with Crippen molar-refractivity contribution in [2.24, 2.45) is 0 Å². The molecule has 0 unspecified atom stereocenters. The molecule has 0 fully saturated rings. The van der Waals surface area contributed by atoms with Gasteiger partial charge in [-0.2, -0.15) is 0 Å². The molecule has 6 heteroatoms. The second-order valence-electron chi connectivity index (χ2n) is 6.11. The van der Waals surface area contributed by atoms with Gasteiger partial charge < -0.3 is 5.11 Å². The smallest absolute Gasteiger partial charge is 0.177 e. The number of benzene rings is 1. The molecule has 0 radical (unpaired) electrons. The molecule has 0 aliphatic rings. The average Bonchev–Trinajstić information content (AvgIpc) is 2.53. The van der Waals surface area contributed by atoms with E-state index < -0.39 is 9.84 Å². The Morgan fingerprint density at radius 1 is 1.20 bits per heavy atom. The molecule has 0 aliphatic heterocycles. The summed E-state index contributed by atoms with van der Waals surface area (Å²) in [6.45, 7) is 5.42. The third-order valence-corrected chi connectivity index (χ3v) is 4.99. The second-order valence-corrected chi connectivity index (χ2v) is 8.09. The van der Waals surface area contributed by atoms with Gasteiger partial charge in [-0.3, -0.25) is 9.97 Å². The minimum absolute atomic E-state index is 0.0289. The van der Waals surface area contributed by atoms with Crippen LogP contribution in [0.1, 0.15) is 22.4 Å². The Balaban J connectivity index is 2.14. The first-order valence-corrected chi connectivity index (χ1v) is 9.56. The maximum Gasteiger partial charge on any atom is 0.177 e. The Hall–Kier alpha value is -2.73. The number of sulfone groups is 1. The zero-order chi connectivity index (χ0) is 18.2. The number of aliphatic hydroxyl groups excluding tert-OH is 1. The van der Waals surface area contributed by atoms with E-state index in [1.165, 1.54) is 6.26 Å². The highest BCUT2D eigenvalue weighted by Gasteiger charge is 2.15. The normalized spacial score (nSPS) is 11.6. The summed E-state index contributed by atoms with van der Waals surface area (Å²) in [6, 6.07) is 8.89. The van der Waals surface area contributed by atoms with E-state index in [9.17, 15) is 13.5 Å². The molecule has 3 aromatic rings. The minimum Gasteiger partial charge on any atom is -0.508 e. The second kappa shape index (κ2) is 6.29. The van der Waals surface area contributed by atoms with Gasteiger partial charge in [0.25, 0.3) is 0 Å². The molecule has 128 valence electrons. The van der Waals surface area contributed by atoms with Crippen molar-refractivity contribution >= 4 is 26.5 Å². The number of rotatable bonds is 4. The lowest BCUT2D eigenvalue weighted by Gasteiger charge is -2.10. The van der Waals surface area contributed by atoms with E-state index in [1.807, 2.05) is 19.1 Å². The van der Waals surface area contributed by atoms with Crippen molar-refractivity contribution in [1.29, 1.82) is 0 Å². The molecule has 0 spiro atoms. The lowest BCUT2D eigenvalue weighted by molar-refractivity contribution is 0.513. The van der Waals surface area contributed by atoms with Gasteiger partial charge in [0.05, 0.1) is 10.4 Å². The first kappa shape index (κ1) is 17.1. The fraction of sp³-hybridized carbons (Fsp3) is 0.158. The molecular formula is C19H18N2O3S. The Labute approximate surface area is 146 Å². The molecule has 1 N–H and O–H groups in total. The summed E-state index contributed by atoms with van der Waals surface area (Å²) in [4.78, 5) is 8.79. The monoisotopic (exact) mass is 354 g/mol. The van der Waals surface area contributed by atoms with Crippen LogP contribution in [0.3, 0.4) is 0 Å². The van der Waals surface area contributed by atoms with E-state index in [0.717, 1.165) is 16.5 Å². The van der Waals surface area contributed by atoms with Crippen molar-refractivity contribution in [2.45, 2.75) is 18.2 Å². The number of nitrogens with zero attached hydrogens (tertiary/aromatic N) is 2. The molecule has 0 amide bonds. The molecule has 25 heavy (non-hydrogen) atoms. The van der Waals surface area contributed by atoms with Crippen LogP contribution in [0.2, 0.25) is 0 Å². The zero-order valence-electron chi connectivity index (χ0n) is 14.0. The Bertz CT molecular complexity index is 1090. The quantitative estimate of drug-likeness (QED) is 0.726. The lowest BCUT2D eigenvalue weighted by atomic mass is 10.0. The molecule has 2 heterocycles. The summed E-state index contributed by atoms with van der Waals surface area (Å²) in [5.41, 5.74) is 3.55. The van der Waals surface area contributed by atoms with Crippen LogP contribution in [0.25, 0.3) is 16.7 Å². The topological polar surface area (TPSA) is 80.2 Å². The number of aliphatic hydroxyl groups is 1. The van der Waals surface area contributed by atoms with Gasteiger partial charge in [-0.05, 0) is 48.4 Å². The van der Waals surface area contributed by atoms with Crippen molar-refractivity contribution in [3.05, 3.63) is 71.7 Å². The van der Waals surface area contributed by atoms with Gasteiger partial charge in [0.2, 0.25) is 0 Å². The number of fused-ring (bicyclic) bond motifs is 1. The predicted octanol–water partition coefficient (Wildman–Crippen LogP) is 3.46. The van der Waals surface area contributed by atoms with Gasteiger partial charge in [0.15, 0.2) is 9.84 Å². The molecule has 0 bridgehead atoms. The SMILES string of the molecule is C=C(O)c1ccnc(Cc2cc(S(C)(=O)=O)c3ncc(C)cc3c2)c1. The Morgan fingerprint density at radius 3 is 2.64 bits per heavy atom.